The van der Waals surface area contributed by atoms with Crippen molar-refractivity contribution < 1.29 is 24.1 Å². The lowest BCUT2D eigenvalue weighted by Gasteiger charge is -2.34. The van der Waals surface area contributed by atoms with E-state index in [1.165, 1.54) is 37.1 Å². The van der Waals surface area contributed by atoms with Gasteiger partial charge in [-0.05, 0) is 61.3 Å². The number of piperidine rings is 1. The lowest BCUT2D eigenvalue weighted by atomic mass is 10.00. The number of hydrogen-bond donors (Lipinski definition) is 2. The van der Waals surface area contributed by atoms with E-state index in [4.69, 9.17) is 9.47 Å². The molecule has 2 unspecified atom stereocenters. The Morgan fingerprint density at radius 2 is 1.60 bits per heavy atom. The minimum Gasteiger partial charge on any atom is -0.508 e. The van der Waals surface area contributed by atoms with E-state index >= 15 is 0 Å². The molecular formula is C27H29ClFNO4S. The van der Waals surface area contributed by atoms with Gasteiger partial charge in [0.15, 0.2) is 0 Å². The van der Waals surface area contributed by atoms with Crippen LogP contribution in [0.3, 0.4) is 0 Å². The molecule has 35 heavy (non-hydrogen) atoms. The van der Waals surface area contributed by atoms with Crippen molar-refractivity contribution >= 4 is 24.2 Å². The number of fused-ring (bicyclic) bond motifs is 1. The van der Waals surface area contributed by atoms with Crippen LogP contribution in [0.1, 0.15) is 41.7 Å². The molecule has 1 fully saturated rings. The van der Waals surface area contributed by atoms with Gasteiger partial charge in [-0.15, -0.1) is 24.2 Å². The summed E-state index contributed by atoms with van der Waals surface area (Å²) in [6.07, 6.45) is 3.44. The molecule has 3 aromatic rings. The van der Waals surface area contributed by atoms with Crippen LogP contribution in [-0.4, -0.2) is 41.4 Å². The van der Waals surface area contributed by atoms with E-state index in [2.05, 4.69) is 4.90 Å². The third kappa shape index (κ3) is 5.97. The number of phenols is 2. The van der Waals surface area contributed by atoms with Gasteiger partial charge in [0.25, 0.3) is 0 Å². The van der Waals surface area contributed by atoms with Crippen molar-refractivity contribution in [2.24, 2.45) is 0 Å². The molecule has 0 bridgehead atoms. The first-order chi connectivity index (χ1) is 16.6. The number of thioether (sulfide) groups is 1. The van der Waals surface area contributed by atoms with E-state index in [0.29, 0.717) is 17.3 Å². The van der Waals surface area contributed by atoms with Gasteiger partial charge in [0.2, 0.25) is 0 Å². The number of rotatable bonds is 6. The van der Waals surface area contributed by atoms with Crippen molar-refractivity contribution in [2.45, 2.75) is 35.5 Å². The quantitative estimate of drug-likeness (QED) is 0.389. The smallest absolute Gasteiger partial charge is 0.144 e. The molecule has 0 radical (unpaired) electrons. The van der Waals surface area contributed by atoms with Gasteiger partial charge in [0.05, 0.1) is 10.1 Å². The average molecular weight is 518 g/mol. The predicted molar refractivity (Wildman–Crippen MR) is 138 cm³/mol. The third-order valence-corrected chi connectivity index (χ3v) is 7.73. The van der Waals surface area contributed by atoms with Crippen LogP contribution in [0.15, 0.2) is 65.6 Å². The number of aromatic hydroxyl groups is 2. The van der Waals surface area contributed by atoms with Crippen molar-refractivity contribution in [2.75, 3.05) is 26.2 Å². The SMILES string of the molecule is Cl.Oc1ccc(C2Sc3c(F)cc(O)cc3OC2c2ccc(OCCN3CCCCC3)cc2)cc1. The van der Waals surface area contributed by atoms with E-state index in [1.807, 2.05) is 36.4 Å². The Balaban J connectivity index is 0.00000289. The predicted octanol–water partition coefficient (Wildman–Crippen LogP) is 6.49. The van der Waals surface area contributed by atoms with Gasteiger partial charge in [0, 0.05) is 18.7 Å². The van der Waals surface area contributed by atoms with E-state index < -0.39 is 11.9 Å². The first kappa shape index (κ1) is 25.5. The van der Waals surface area contributed by atoms with Crippen molar-refractivity contribution in [3.8, 4) is 23.0 Å². The maximum atomic E-state index is 14.6. The van der Waals surface area contributed by atoms with Crippen molar-refractivity contribution in [3.05, 3.63) is 77.6 Å². The number of hydrogen-bond acceptors (Lipinski definition) is 6. The van der Waals surface area contributed by atoms with Crippen LogP contribution < -0.4 is 9.47 Å². The minimum atomic E-state index is -0.514. The van der Waals surface area contributed by atoms with Gasteiger partial charge in [0.1, 0.15) is 41.5 Å². The topological polar surface area (TPSA) is 62.2 Å². The van der Waals surface area contributed by atoms with Crippen LogP contribution in [0.4, 0.5) is 4.39 Å². The van der Waals surface area contributed by atoms with Crippen molar-refractivity contribution in [3.63, 3.8) is 0 Å². The van der Waals surface area contributed by atoms with Gasteiger partial charge in [-0.2, -0.15) is 0 Å². The highest BCUT2D eigenvalue weighted by Crippen LogP contribution is 2.54. The van der Waals surface area contributed by atoms with Crippen LogP contribution in [-0.2, 0) is 0 Å². The fraction of sp³-hybridized carbons (Fsp3) is 0.333. The highest BCUT2D eigenvalue weighted by atomic mass is 35.5. The van der Waals surface area contributed by atoms with Crippen LogP contribution in [0.25, 0.3) is 0 Å². The molecule has 2 N–H and O–H groups in total. The van der Waals surface area contributed by atoms with E-state index in [1.54, 1.807) is 12.1 Å². The van der Waals surface area contributed by atoms with E-state index in [9.17, 15) is 14.6 Å². The first-order valence-electron chi connectivity index (χ1n) is 11.7. The van der Waals surface area contributed by atoms with Crippen LogP contribution >= 0.6 is 24.2 Å². The zero-order valence-corrected chi connectivity index (χ0v) is 20.9. The maximum Gasteiger partial charge on any atom is 0.144 e. The Kier molecular flexibility index (Phi) is 8.31. The Labute approximate surface area is 215 Å². The molecule has 0 amide bonds. The number of nitrogens with zero attached hydrogens (tertiary/aromatic N) is 1. The van der Waals surface area contributed by atoms with Crippen LogP contribution in [0.2, 0.25) is 0 Å². The number of halogens is 2. The van der Waals surface area contributed by atoms with Gasteiger partial charge in [-0.1, -0.05) is 30.7 Å². The first-order valence-corrected chi connectivity index (χ1v) is 12.5. The zero-order chi connectivity index (χ0) is 23.5. The summed E-state index contributed by atoms with van der Waals surface area (Å²) < 4.78 is 26.8. The number of ether oxygens (including phenoxy) is 2. The Morgan fingerprint density at radius 3 is 2.31 bits per heavy atom. The Hall–Kier alpha value is -2.61. The van der Waals surface area contributed by atoms with Crippen molar-refractivity contribution in [1.29, 1.82) is 0 Å². The summed E-state index contributed by atoms with van der Waals surface area (Å²) >= 11 is 1.36. The standard InChI is InChI=1S/C27H28FNO4S.ClH/c28-23-16-21(31)17-24-27(23)34-26(19-4-8-20(30)9-5-19)25(33-24)18-6-10-22(11-7-18)32-15-14-29-12-2-1-3-13-29;/h4-11,16-17,25-26,30-31H,1-3,12-15H2;1H. The van der Waals surface area contributed by atoms with Gasteiger partial charge < -0.3 is 19.7 Å². The molecule has 3 aromatic carbocycles. The largest absolute Gasteiger partial charge is 0.508 e. The fourth-order valence-electron chi connectivity index (χ4n) is 4.52. The molecule has 186 valence electrons. The van der Waals surface area contributed by atoms with E-state index in [-0.39, 0.29) is 29.2 Å². The summed E-state index contributed by atoms with van der Waals surface area (Å²) in [6, 6.07) is 17.2. The lowest BCUT2D eigenvalue weighted by molar-refractivity contribution is 0.182. The lowest BCUT2D eigenvalue weighted by Crippen LogP contribution is -2.33. The van der Waals surface area contributed by atoms with Gasteiger partial charge in [-0.25, -0.2) is 4.39 Å². The normalized spacial score (nSPS) is 19.8. The average Bonchev–Trinajstić information content (AvgIpc) is 2.85. The third-order valence-electron chi connectivity index (χ3n) is 6.32. The molecular weight excluding hydrogens is 489 g/mol. The Bertz CT molecular complexity index is 1120. The highest BCUT2D eigenvalue weighted by Gasteiger charge is 2.35. The fourth-order valence-corrected chi connectivity index (χ4v) is 5.80. The van der Waals surface area contributed by atoms with Crippen molar-refractivity contribution in [1.82, 2.24) is 4.90 Å². The molecule has 0 spiro atoms. The molecule has 5 rings (SSSR count). The molecule has 1 saturated heterocycles. The summed E-state index contributed by atoms with van der Waals surface area (Å²) in [4.78, 5) is 2.81. The summed E-state index contributed by atoms with van der Waals surface area (Å²) in [7, 11) is 0. The molecule has 0 saturated carbocycles. The zero-order valence-electron chi connectivity index (χ0n) is 19.2. The molecule has 2 aliphatic rings. The summed E-state index contributed by atoms with van der Waals surface area (Å²) in [5, 5.41) is 19.3. The van der Waals surface area contributed by atoms with E-state index in [0.717, 1.165) is 42.6 Å². The molecule has 8 heteroatoms. The number of phenolic OH excluding ortho intramolecular Hbond substituents is 2. The number of likely N-dealkylation sites (tertiary alicyclic amines) is 1. The molecule has 0 aromatic heterocycles. The summed E-state index contributed by atoms with van der Waals surface area (Å²) in [5.41, 5.74) is 1.83. The second-order valence-corrected chi connectivity index (χ2v) is 9.89. The van der Waals surface area contributed by atoms with Crippen LogP contribution in [0, 0.1) is 5.82 Å². The van der Waals surface area contributed by atoms with Gasteiger partial charge >= 0.3 is 0 Å². The summed E-state index contributed by atoms with van der Waals surface area (Å²) in [5.74, 6) is 0.610. The number of benzene rings is 3. The second kappa shape index (κ2) is 11.4. The maximum absolute atomic E-state index is 14.6. The molecule has 2 atom stereocenters. The molecule has 2 aliphatic heterocycles. The van der Waals surface area contributed by atoms with Crippen LogP contribution in [0.5, 0.6) is 23.0 Å². The highest BCUT2D eigenvalue weighted by molar-refractivity contribution is 7.99. The minimum absolute atomic E-state index is 0. The molecule has 5 nitrogen and oxygen atoms in total. The Morgan fingerprint density at radius 1 is 0.914 bits per heavy atom. The van der Waals surface area contributed by atoms with Gasteiger partial charge in [-0.3, -0.25) is 4.90 Å². The molecule has 0 aliphatic carbocycles. The molecule has 2 heterocycles. The summed E-state index contributed by atoms with van der Waals surface area (Å²) in [6.45, 7) is 3.88. The monoisotopic (exact) mass is 517 g/mol. The second-order valence-electron chi connectivity index (χ2n) is 8.74.